The maximum Gasteiger partial charge on any atom is 0.341 e. The fraction of sp³-hybridized carbons (Fsp3) is 0.250. The van der Waals surface area contributed by atoms with Crippen LogP contribution in [0.3, 0.4) is 0 Å². The summed E-state index contributed by atoms with van der Waals surface area (Å²) in [5.41, 5.74) is 1.52. The zero-order chi connectivity index (χ0) is 17.1. The molecule has 0 radical (unpaired) electrons. The number of rotatable bonds is 4. The number of aryl methyl sites for hydroxylation is 1. The second-order valence-corrected chi connectivity index (χ2v) is 7.17. The molecule has 0 aliphatic carbocycles. The zero-order valence-electron chi connectivity index (χ0n) is 12.8. The van der Waals surface area contributed by atoms with Gasteiger partial charge in [-0.3, -0.25) is 4.79 Å². The molecule has 0 saturated heterocycles. The van der Waals surface area contributed by atoms with Crippen LogP contribution in [0.2, 0.25) is 0 Å². The Balaban J connectivity index is 2.34. The fourth-order valence-electron chi connectivity index (χ4n) is 2.01. The van der Waals surface area contributed by atoms with Crippen LogP contribution in [0.4, 0.5) is 9.39 Å². The van der Waals surface area contributed by atoms with Crippen LogP contribution in [-0.4, -0.2) is 18.5 Å². The predicted molar refractivity (Wildman–Crippen MR) is 96.8 cm³/mol. The lowest BCUT2D eigenvalue weighted by molar-refractivity contribution is 0.0527. The lowest BCUT2D eigenvalue weighted by Gasteiger charge is -2.08. The summed E-state index contributed by atoms with van der Waals surface area (Å²) < 4.78 is 18.7. The first-order valence-corrected chi connectivity index (χ1v) is 8.78. The number of carbonyl (C=O) groups excluding carboxylic acids is 2. The number of amides is 1. The largest absolute Gasteiger partial charge is 0.462 e. The van der Waals surface area contributed by atoms with Crippen LogP contribution in [0.25, 0.3) is 0 Å². The molecule has 0 unspecified atom stereocenters. The number of anilines is 1. The minimum atomic E-state index is -0.460. The van der Waals surface area contributed by atoms with E-state index in [9.17, 15) is 14.0 Å². The van der Waals surface area contributed by atoms with Crippen molar-refractivity contribution in [3.63, 3.8) is 0 Å². The number of nitrogens with one attached hydrogen (secondary N) is 1. The van der Waals surface area contributed by atoms with Gasteiger partial charge in [0, 0.05) is 8.45 Å². The quantitative estimate of drug-likeness (QED) is 0.554. The molecule has 7 heteroatoms. The number of esters is 1. The molecule has 122 valence electrons. The van der Waals surface area contributed by atoms with Gasteiger partial charge in [0.1, 0.15) is 10.8 Å². The van der Waals surface area contributed by atoms with Crippen molar-refractivity contribution in [2.45, 2.75) is 20.8 Å². The van der Waals surface area contributed by atoms with Crippen LogP contribution in [0.15, 0.2) is 18.2 Å². The van der Waals surface area contributed by atoms with Gasteiger partial charge in [-0.15, -0.1) is 11.3 Å². The average molecular weight is 447 g/mol. The van der Waals surface area contributed by atoms with E-state index < -0.39 is 11.8 Å². The van der Waals surface area contributed by atoms with Crippen molar-refractivity contribution in [3.8, 4) is 0 Å². The minimum Gasteiger partial charge on any atom is -0.462 e. The van der Waals surface area contributed by atoms with Gasteiger partial charge >= 0.3 is 5.97 Å². The van der Waals surface area contributed by atoms with Crippen molar-refractivity contribution in [2.24, 2.45) is 0 Å². The molecule has 2 rings (SSSR count). The summed E-state index contributed by atoms with van der Waals surface area (Å²) in [6, 6.07) is 3.94. The molecule has 23 heavy (non-hydrogen) atoms. The molecule has 0 aliphatic rings. The monoisotopic (exact) mass is 447 g/mol. The number of hydrogen-bond acceptors (Lipinski definition) is 4. The van der Waals surface area contributed by atoms with Crippen LogP contribution in [0, 0.1) is 23.2 Å². The molecule has 0 aliphatic heterocycles. The summed E-state index contributed by atoms with van der Waals surface area (Å²) >= 11 is 3.22. The van der Waals surface area contributed by atoms with Gasteiger partial charge < -0.3 is 10.1 Å². The van der Waals surface area contributed by atoms with Gasteiger partial charge in [-0.1, -0.05) is 0 Å². The van der Waals surface area contributed by atoms with Gasteiger partial charge in [-0.05, 0) is 67.1 Å². The van der Waals surface area contributed by atoms with E-state index in [1.54, 1.807) is 6.92 Å². The smallest absolute Gasteiger partial charge is 0.341 e. The first kappa shape index (κ1) is 17.9. The van der Waals surface area contributed by atoms with E-state index in [2.05, 4.69) is 5.32 Å². The average Bonchev–Trinajstić information content (AvgIpc) is 2.73. The molecule has 4 nitrogen and oxygen atoms in total. The molecule has 1 amide bonds. The Kier molecular flexibility index (Phi) is 5.74. The number of benzene rings is 1. The number of hydrogen-bond donors (Lipinski definition) is 1. The van der Waals surface area contributed by atoms with Gasteiger partial charge in [0.15, 0.2) is 0 Å². The third-order valence-electron chi connectivity index (χ3n) is 3.27. The summed E-state index contributed by atoms with van der Waals surface area (Å²) in [6.45, 7) is 5.68. The molecule has 0 bridgehead atoms. The minimum absolute atomic E-state index is 0.260. The zero-order valence-corrected chi connectivity index (χ0v) is 15.8. The number of ether oxygens (including phenoxy) is 1. The maximum atomic E-state index is 13.2. The van der Waals surface area contributed by atoms with Gasteiger partial charge in [0.25, 0.3) is 5.91 Å². The standard InChI is InChI=1S/C16H15FINO3S/c1-4-22-16(21)13-8(2)9(3)23-15(13)19-14(20)11-6-5-10(17)7-12(11)18/h5-7H,4H2,1-3H3,(H,19,20). The molecule has 1 N–H and O–H groups in total. The van der Waals surface area contributed by atoms with E-state index >= 15 is 0 Å². The Morgan fingerprint density at radius 2 is 2.04 bits per heavy atom. The van der Waals surface area contributed by atoms with E-state index in [0.29, 0.717) is 19.7 Å². The van der Waals surface area contributed by atoms with E-state index in [4.69, 9.17) is 4.74 Å². The molecule has 1 heterocycles. The van der Waals surface area contributed by atoms with Crippen LogP contribution < -0.4 is 5.32 Å². The maximum absolute atomic E-state index is 13.2. The first-order chi connectivity index (χ1) is 10.8. The Morgan fingerprint density at radius 3 is 2.65 bits per heavy atom. The molecular formula is C16H15FINO3S. The highest BCUT2D eigenvalue weighted by Crippen LogP contribution is 2.33. The van der Waals surface area contributed by atoms with Gasteiger partial charge in [0.2, 0.25) is 0 Å². The van der Waals surface area contributed by atoms with Crippen LogP contribution in [0.5, 0.6) is 0 Å². The number of thiophene rings is 1. The van der Waals surface area contributed by atoms with E-state index in [1.807, 2.05) is 36.4 Å². The highest BCUT2D eigenvalue weighted by Gasteiger charge is 2.23. The van der Waals surface area contributed by atoms with Crippen LogP contribution in [0.1, 0.15) is 38.1 Å². The van der Waals surface area contributed by atoms with Crippen molar-refractivity contribution in [2.75, 3.05) is 11.9 Å². The predicted octanol–water partition coefficient (Wildman–Crippen LogP) is 4.54. The normalized spacial score (nSPS) is 10.5. The summed E-state index contributed by atoms with van der Waals surface area (Å²) in [4.78, 5) is 25.5. The molecular weight excluding hydrogens is 432 g/mol. The second kappa shape index (κ2) is 7.39. The third-order valence-corrected chi connectivity index (χ3v) is 5.28. The Hall–Kier alpha value is -1.48. The van der Waals surface area contributed by atoms with Crippen molar-refractivity contribution in [1.29, 1.82) is 0 Å². The van der Waals surface area contributed by atoms with E-state index in [1.165, 1.54) is 29.5 Å². The second-order valence-electron chi connectivity index (χ2n) is 4.79. The molecule has 0 atom stereocenters. The Bertz CT molecular complexity index is 773. The highest BCUT2D eigenvalue weighted by molar-refractivity contribution is 14.1. The Labute approximate surface area is 151 Å². The lowest BCUT2D eigenvalue weighted by atomic mass is 10.1. The summed E-state index contributed by atoms with van der Waals surface area (Å²) in [7, 11) is 0. The summed E-state index contributed by atoms with van der Waals surface area (Å²) in [6.07, 6.45) is 0. The molecule has 0 fully saturated rings. The lowest BCUT2D eigenvalue weighted by Crippen LogP contribution is -2.16. The number of halogens is 2. The first-order valence-electron chi connectivity index (χ1n) is 6.88. The summed E-state index contributed by atoms with van der Waals surface area (Å²) in [5, 5.41) is 3.19. The van der Waals surface area contributed by atoms with Crippen molar-refractivity contribution in [3.05, 3.63) is 49.2 Å². The molecule has 0 saturated carbocycles. The summed E-state index contributed by atoms with van der Waals surface area (Å²) in [5.74, 6) is -1.25. The molecule has 1 aromatic heterocycles. The topological polar surface area (TPSA) is 55.4 Å². The van der Waals surface area contributed by atoms with Crippen LogP contribution >= 0.6 is 33.9 Å². The third kappa shape index (κ3) is 3.89. The SMILES string of the molecule is CCOC(=O)c1c(NC(=O)c2ccc(F)cc2I)sc(C)c1C. The molecule has 0 spiro atoms. The van der Waals surface area contributed by atoms with Gasteiger partial charge in [-0.25, -0.2) is 9.18 Å². The van der Waals surface area contributed by atoms with Crippen molar-refractivity contribution < 1.29 is 18.7 Å². The van der Waals surface area contributed by atoms with Crippen LogP contribution in [-0.2, 0) is 4.74 Å². The van der Waals surface area contributed by atoms with E-state index in [0.717, 1.165) is 10.4 Å². The fourth-order valence-corrected chi connectivity index (χ4v) is 3.77. The van der Waals surface area contributed by atoms with Gasteiger partial charge in [-0.2, -0.15) is 0 Å². The molecule has 2 aromatic rings. The highest BCUT2D eigenvalue weighted by atomic mass is 127. The van der Waals surface area contributed by atoms with E-state index in [-0.39, 0.29) is 12.5 Å². The van der Waals surface area contributed by atoms with Crippen molar-refractivity contribution >= 4 is 50.8 Å². The Morgan fingerprint density at radius 1 is 1.35 bits per heavy atom. The number of carbonyl (C=O) groups is 2. The van der Waals surface area contributed by atoms with Gasteiger partial charge in [0.05, 0.1) is 17.7 Å². The van der Waals surface area contributed by atoms with Crippen molar-refractivity contribution in [1.82, 2.24) is 0 Å². The molecule has 1 aromatic carbocycles.